The van der Waals surface area contributed by atoms with Gasteiger partial charge in [0.25, 0.3) is 0 Å². The molecule has 1 rings (SSSR count). The Hall–Kier alpha value is -0.0200. The van der Waals surface area contributed by atoms with Crippen LogP contribution in [0.15, 0.2) is 6.20 Å². The average Bonchev–Trinajstić information content (AvgIpc) is 2.26. The number of halogens is 3. The molecular weight excluding hydrogens is 268 g/mol. The van der Waals surface area contributed by atoms with Crippen molar-refractivity contribution >= 4 is 34.8 Å². The van der Waals surface area contributed by atoms with E-state index < -0.39 is 0 Å². The fourth-order valence-electron chi connectivity index (χ4n) is 1.23. The Bertz CT molecular complexity index is 357. The lowest BCUT2D eigenvalue weighted by Crippen LogP contribution is -2.03. The van der Waals surface area contributed by atoms with E-state index >= 15 is 0 Å². The molecule has 1 aromatic heterocycles. The maximum absolute atomic E-state index is 6.07. The molecule has 0 bridgehead atoms. The smallest absolute Gasteiger partial charge is 0.149 e. The van der Waals surface area contributed by atoms with Gasteiger partial charge in [0.05, 0.1) is 16.1 Å². The summed E-state index contributed by atoms with van der Waals surface area (Å²) in [4.78, 5) is 3.96. The quantitative estimate of drug-likeness (QED) is 0.565. The first kappa shape index (κ1) is 14.0. The van der Waals surface area contributed by atoms with Crippen LogP contribution in [0.25, 0.3) is 0 Å². The van der Waals surface area contributed by atoms with E-state index in [2.05, 4.69) is 11.9 Å². The van der Waals surface area contributed by atoms with Gasteiger partial charge in [-0.1, -0.05) is 48.1 Å². The molecule has 0 aliphatic rings. The molecule has 0 saturated carbocycles. The van der Waals surface area contributed by atoms with Gasteiger partial charge in [0.15, 0.2) is 0 Å². The van der Waals surface area contributed by atoms with Crippen molar-refractivity contribution < 1.29 is 4.74 Å². The molecule has 5 heteroatoms. The van der Waals surface area contributed by atoms with Gasteiger partial charge in [0, 0.05) is 18.4 Å². The lowest BCUT2D eigenvalue weighted by Gasteiger charge is -2.15. The topological polar surface area (TPSA) is 22.1 Å². The van der Waals surface area contributed by atoms with Crippen molar-refractivity contribution in [2.75, 3.05) is 6.61 Å². The Morgan fingerprint density at radius 2 is 2.00 bits per heavy atom. The van der Waals surface area contributed by atoms with Crippen molar-refractivity contribution in [2.45, 2.75) is 32.8 Å². The second-order valence-corrected chi connectivity index (χ2v) is 4.61. The maximum Gasteiger partial charge on any atom is 0.149 e. The van der Waals surface area contributed by atoms with Crippen LogP contribution in [0.4, 0.5) is 0 Å². The predicted molar refractivity (Wildman–Crippen MR) is 68.5 cm³/mol. The molecule has 0 radical (unpaired) electrons. The molecular formula is C11H14Cl3NO. The Balaban J connectivity index is 2.76. The van der Waals surface area contributed by atoms with Crippen molar-refractivity contribution in [3.63, 3.8) is 0 Å². The van der Waals surface area contributed by atoms with Gasteiger partial charge in [-0.2, -0.15) is 0 Å². The minimum atomic E-state index is -0.124. The zero-order valence-electron chi connectivity index (χ0n) is 9.27. The number of pyridine rings is 1. The summed E-state index contributed by atoms with van der Waals surface area (Å²) >= 11 is 17.7. The van der Waals surface area contributed by atoms with Gasteiger partial charge in [0.1, 0.15) is 5.15 Å². The Kier molecular flexibility index (Phi) is 5.84. The van der Waals surface area contributed by atoms with Gasteiger partial charge in [-0.15, -0.1) is 0 Å². The van der Waals surface area contributed by atoms with Crippen LogP contribution >= 0.6 is 34.8 Å². The highest BCUT2D eigenvalue weighted by atomic mass is 35.5. The van der Waals surface area contributed by atoms with Gasteiger partial charge < -0.3 is 4.74 Å². The summed E-state index contributed by atoms with van der Waals surface area (Å²) < 4.78 is 5.62. The minimum absolute atomic E-state index is 0.124. The fraction of sp³-hybridized carbons (Fsp3) is 0.545. The van der Waals surface area contributed by atoms with Crippen molar-refractivity contribution in [1.82, 2.24) is 4.98 Å². The standard InChI is InChI=1S/C11H14Cl3NO/c1-3-4-5-16-7(2)8-6-15-11(14)10(13)9(8)12/h6-7H,3-5H2,1-2H3. The summed E-state index contributed by atoms with van der Waals surface area (Å²) in [6.45, 7) is 4.73. The Labute approximate surface area is 111 Å². The van der Waals surface area contributed by atoms with Gasteiger partial charge in [-0.05, 0) is 13.3 Å². The lowest BCUT2D eigenvalue weighted by atomic mass is 10.2. The molecule has 0 aliphatic carbocycles. The van der Waals surface area contributed by atoms with E-state index in [1.165, 1.54) is 0 Å². The molecule has 0 fully saturated rings. The van der Waals surface area contributed by atoms with E-state index in [1.807, 2.05) is 6.92 Å². The summed E-state index contributed by atoms with van der Waals surface area (Å²) in [6, 6.07) is 0. The highest BCUT2D eigenvalue weighted by Gasteiger charge is 2.15. The molecule has 1 unspecified atom stereocenters. The molecule has 2 nitrogen and oxygen atoms in total. The molecule has 1 heterocycles. The molecule has 1 aromatic rings. The third kappa shape index (κ3) is 3.49. The molecule has 1 atom stereocenters. The molecule has 0 amide bonds. The second kappa shape index (κ2) is 6.65. The highest BCUT2D eigenvalue weighted by Crippen LogP contribution is 2.34. The first-order valence-corrected chi connectivity index (χ1v) is 6.32. The number of hydrogen-bond donors (Lipinski definition) is 0. The zero-order valence-corrected chi connectivity index (χ0v) is 11.5. The molecule has 90 valence electrons. The van der Waals surface area contributed by atoms with Gasteiger partial charge in [0.2, 0.25) is 0 Å². The van der Waals surface area contributed by atoms with E-state index in [0.29, 0.717) is 11.6 Å². The average molecular weight is 283 g/mol. The Morgan fingerprint density at radius 3 is 2.62 bits per heavy atom. The number of nitrogens with zero attached hydrogens (tertiary/aromatic N) is 1. The lowest BCUT2D eigenvalue weighted by molar-refractivity contribution is 0.0635. The van der Waals surface area contributed by atoms with Crippen LogP contribution in [0.2, 0.25) is 15.2 Å². The summed E-state index contributed by atoms with van der Waals surface area (Å²) in [5.74, 6) is 0. The van der Waals surface area contributed by atoms with Crippen LogP contribution in [0.1, 0.15) is 38.4 Å². The van der Waals surface area contributed by atoms with Crippen molar-refractivity contribution in [2.24, 2.45) is 0 Å². The van der Waals surface area contributed by atoms with Crippen LogP contribution in [0.5, 0.6) is 0 Å². The number of rotatable bonds is 5. The number of ether oxygens (including phenoxy) is 1. The third-order valence-corrected chi connectivity index (χ3v) is 3.50. The third-order valence-electron chi connectivity index (χ3n) is 2.25. The highest BCUT2D eigenvalue weighted by molar-refractivity contribution is 6.47. The summed E-state index contributed by atoms with van der Waals surface area (Å²) in [5.41, 5.74) is 0.771. The summed E-state index contributed by atoms with van der Waals surface area (Å²) in [6.07, 6.45) is 3.60. The molecule has 0 spiro atoms. The van der Waals surface area contributed by atoms with Gasteiger partial charge >= 0.3 is 0 Å². The number of aromatic nitrogens is 1. The molecule has 0 aliphatic heterocycles. The van der Waals surface area contributed by atoms with Crippen LogP contribution in [0, 0.1) is 0 Å². The van der Waals surface area contributed by atoms with Crippen molar-refractivity contribution in [3.05, 3.63) is 27.0 Å². The van der Waals surface area contributed by atoms with Crippen LogP contribution in [0.3, 0.4) is 0 Å². The largest absolute Gasteiger partial charge is 0.374 e. The number of unbranched alkanes of at least 4 members (excludes halogenated alkanes) is 1. The SMILES string of the molecule is CCCCOC(C)c1cnc(Cl)c(Cl)c1Cl. The summed E-state index contributed by atoms with van der Waals surface area (Å²) in [5, 5.41) is 0.925. The second-order valence-electron chi connectivity index (χ2n) is 3.50. The molecule has 0 N–H and O–H groups in total. The fourth-order valence-corrected chi connectivity index (χ4v) is 1.88. The van der Waals surface area contributed by atoms with Crippen LogP contribution < -0.4 is 0 Å². The number of hydrogen-bond acceptors (Lipinski definition) is 2. The first-order chi connectivity index (χ1) is 7.57. The molecule has 0 saturated heterocycles. The van der Waals surface area contributed by atoms with E-state index in [9.17, 15) is 0 Å². The predicted octanol–water partition coefficient (Wildman–Crippen LogP) is 4.92. The first-order valence-electron chi connectivity index (χ1n) is 5.18. The Morgan fingerprint density at radius 1 is 1.31 bits per heavy atom. The monoisotopic (exact) mass is 281 g/mol. The van der Waals surface area contributed by atoms with Crippen LogP contribution in [-0.4, -0.2) is 11.6 Å². The van der Waals surface area contributed by atoms with Gasteiger partial charge in [-0.25, -0.2) is 4.98 Å². The van der Waals surface area contributed by atoms with E-state index in [4.69, 9.17) is 39.5 Å². The molecule has 0 aromatic carbocycles. The van der Waals surface area contributed by atoms with Crippen molar-refractivity contribution in [1.29, 1.82) is 0 Å². The van der Waals surface area contributed by atoms with Crippen molar-refractivity contribution in [3.8, 4) is 0 Å². The van der Waals surface area contributed by atoms with E-state index in [-0.39, 0.29) is 16.3 Å². The summed E-state index contributed by atoms with van der Waals surface area (Å²) in [7, 11) is 0. The van der Waals surface area contributed by atoms with Crippen LogP contribution in [-0.2, 0) is 4.74 Å². The van der Waals surface area contributed by atoms with Gasteiger partial charge in [-0.3, -0.25) is 0 Å². The van der Waals surface area contributed by atoms with E-state index in [0.717, 1.165) is 18.4 Å². The normalized spacial score (nSPS) is 12.8. The maximum atomic E-state index is 6.07. The molecule has 16 heavy (non-hydrogen) atoms. The minimum Gasteiger partial charge on any atom is -0.374 e. The zero-order chi connectivity index (χ0) is 12.1. The van der Waals surface area contributed by atoms with E-state index in [1.54, 1.807) is 6.20 Å².